The predicted octanol–water partition coefficient (Wildman–Crippen LogP) is 3.96. The van der Waals surface area contributed by atoms with Gasteiger partial charge < -0.3 is 14.8 Å². The number of methoxy groups -OCH3 is 1. The van der Waals surface area contributed by atoms with E-state index in [1.165, 1.54) is 0 Å². The normalized spacial score (nSPS) is 18.0. The summed E-state index contributed by atoms with van der Waals surface area (Å²) in [5.41, 5.74) is 2.75. The molecule has 1 aliphatic rings. The lowest BCUT2D eigenvalue weighted by Crippen LogP contribution is -2.41. The van der Waals surface area contributed by atoms with Crippen molar-refractivity contribution in [3.05, 3.63) is 59.2 Å². The maximum atomic E-state index is 12.6. The number of amides is 1. The first-order chi connectivity index (χ1) is 11.9. The van der Waals surface area contributed by atoms with Gasteiger partial charge >= 0.3 is 0 Å². The van der Waals surface area contributed by atoms with Gasteiger partial charge in [0.25, 0.3) is 0 Å². The Morgan fingerprint density at radius 2 is 2.04 bits per heavy atom. The van der Waals surface area contributed by atoms with Crippen LogP contribution in [0, 0.1) is 6.92 Å². The first-order valence-electron chi connectivity index (χ1n) is 8.59. The van der Waals surface area contributed by atoms with Crippen LogP contribution in [0.25, 0.3) is 0 Å². The zero-order chi connectivity index (χ0) is 18.0. The van der Waals surface area contributed by atoms with Crippen LogP contribution in [0.3, 0.4) is 0 Å². The first-order valence-corrected chi connectivity index (χ1v) is 8.59. The highest BCUT2D eigenvalue weighted by Gasteiger charge is 2.34. The summed E-state index contributed by atoms with van der Waals surface area (Å²) in [5, 5.41) is 3.18. The number of rotatable bonds is 4. The van der Waals surface area contributed by atoms with E-state index in [0.717, 1.165) is 34.6 Å². The molecule has 0 radical (unpaired) electrons. The first kappa shape index (κ1) is 17.3. The number of hydrogen-bond acceptors (Lipinski definition) is 3. The molecular weight excluding hydrogens is 314 g/mol. The van der Waals surface area contributed by atoms with Gasteiger partial charge in [-0.1, -0.05) is 30.3 Å². The second-order valence-corrected chi connectivity index (χ2v) is 7.20. The Balaban J connectivity index is 1.73. The van der Waals surface area contributed by atoms with Crippen molar-refractivity contribution in [1.29, 1.82) is 0 Å². The number of carbonyl (C=O) groups is 1. The molecular formula is C21H25NO3. The molecule has 4 nitrogen and oxygen atoms in total. The van der Waals surface area contributed by atoms with Gasteiger partial charge in [-0.2, -0.15) is 0 Å². The molecule has 25 heavy (non-hydrogen) atoms. The van der Waals surface area contributed by atoms with E-state index in [4.69, 9.17) is 9.47 Å². The molecule has 0 aliphatic carbocycles. The summed E-state index contributed by atoms with van der Waals surface area (Å²) in [6.07, 6.45) is 1.10. The number of para-hydroxylation sites is 1. The summed E-state index contributed by atoms with van der Waals surface area (Å²) in [5.74, 6) is 1.70. The molecule has 0 aromatic heterocycles. The van der Waals surface area contributed by atoms with Crippen LogP contribution in [0.1, 0.15) is 43.0 Å². The molecule has 2 aromatic rings. The van der Waals surface area contributed by atoms with Crippen molar-refractivity contribution in [1.82, 2.24) is 5.32 Å². The van der Waals surface area contributed by atoms with Crippen LogP contribution in [-0.4, -0.2) is 18.6 Å². The summed E-state index contributed by atoms with van der Waals surface area (Å²) in [7, 11) is 1.65. The number of aryl methyl sites for hydroxylation is 1. The number of benzene rings is 2. The minimum atomic E-state index is -0.303. The van der Waals surface area contributed by atoms with Crippen LogP contribution < -0.4 is 14.8 Å². The monoisotopic (exact) mass is 339 g/mol. The average molecular weight is 339 g/mol. The second kappa shape index (κ2) is 6.79. The Bertz CT molecular complexity index is 782. The van der Waals surface area contributed by atoms with Crippen molar-refractivity contribution >= 4 is 5.91 Å². The van der Waals surface area contributed by atoms with E-state index >= 15 is 0 Å². The van der Waals surface area contributed by atoms with E-state index in [0.29, 0.717) is 6.42 Å². The molecule has 1 unspecified atom stereocenters. The number of carbonyl (C=O) groups excluding carboxylic acids is 1. The molecule has 0 saturated carbocycles. The van der Waals surface area contributed by atoms with Gasteiger partial charge in [0.05, 0.1) is 19.6 Å². The van der Waals surface area contributed by atoms with Crippen molar-refractivity contribution in [3.63, 3.8) is 0 Å². The molecule has 1 heterocycles. The predicted molar refractivity (Wildman–Crippen MR) is 98.1 cm³/mol. The molecule has 3 rings (SSSR count). The number of nitrogens with one attached hydrogen (secondary N) is 1. The van der Waals surface area contributed by atoms with Gasteiger partial charge in [-0.25, -0.2) is 0 Å². The number of ether oxygens (including phenoxy) is 2. The highest BCUT2D eigenvalue weighted by Crippen LogP contribution is 2.39. The summed E-state index contributed by atoms with van der Waals surface area (Å²) in [4.78, 5) is 12.6. The van der Waals surface area contributed by atoms with Gasteiger partial charge in [-0.3, -0.25) is 4.79 Å². The van der Waals surface area contributed by atoms with E-state index in [-0.39, 0.29) is 17.6 Å². The Labute approximate surface area is 149 Å². The highest BCUT2D eigenvalue weighted by molar-refractivity contribution is 5.79. The maximum absolute atomic E-state index is 12.6. The van der Waals surface area contributed by atoms with Gasteiger partial charge in [-0.05, 0) is 44.0 Å². The van der Waals surface area contributed by atoms with Gasteiger partial charge in [0, 0.05) is 12.0 Å². The molecule has 0 spiro atoms. The highest BCUT2D eigenvalue weighted by atomic mass is 16.5. The van der Waals surface area contributed by atoms with Crippen molar-refractivity contribution in [3.8, 4) is 11.5 Å². The van der Waals surface area contributed by atoms with Crippen molar-refractivity contribution < 1.29 is 14.3 Å². The summed E-state index contributed by atoms with van der Waals surface area (Å²) in [6, 6.07) is 13.7. The Hall–Kier alpha value is -2.49. The fourth-order valence-corrected chi connectivity index (χ4v) is 3.41. The third-order valence-electron chi connectivity index (χ3n) is 4.54. The van der Waals surface area contributed by atoms with Crippen LogP contribution in [0.2, 0.25) is 0 Å². The third kappa shape index (κ3) is 3.95. The van der Waals surface area contributed by atoms with Gasteiger partial charge in [0.2, 0.25) is 5.91 Å². The van der Waals surface area contributed by atoms with Crippen molar-refractivity contribution in [2.45, 2.75) is 45.3 Å². The Morgan fingerprint density at radius 1 is 1.28 bits per heavy atom. The smallest absolute Gasteiger partial charge is 0.224 e. The Kier molecular flexibility index (Phi) is 4.71. The van der Waals surface area contributed by atoms with Gasteiger partial charge in [0.1, 0.15) is 17.1 Å². The van der Waals surface area contributed by atoms with Crippen molar-refractivity contribution in [2.75, 3.05) is 7.11 Å². The van der Waals surface area contributed by atoms with Crippen LogP contribution in [0.4, 0.5) is 0 Å². The third-order valence-corrected chi connectivity index (χ3v) is 4.54. The zero-order valence-electron chi connectivity index (χ0n) is 15.3. The van der Waals surface area contributed by atoms with E-state index < -0.39 is 0 Å². The molecule has 0 bridgehead atoms. The summed E-state index contributed by atoms with van der Waals surface area (Å²) in [6.45, 7) is 6.08. The molecule has 1 N–H and O–H groups in total. The quantitative estimate of drug-likeness (QED) is 0.917. The summed E-state index contributed by atoms with van der Waals surface area (Å²) < 4.78 is 11.3. The zero-order valence-corrected chi connectivity index (χ0v) is 15.3. The molecule has 132 valence electrons. The molecule has 0 saturated heterocycles. The van der Waals surface area contributed by atoms with Crippen LogP contribution in [0.15, 0.2) is 42.5 Å². The van der Waals surface area contributed by atoms with Crippen LogP contribution >= 0.6 is 0 Å². The lowest BCUT2D eigenvalue weighted by atomic mass is 9.89. The largest absolute Gasteiger partial charge is 0.496 e. The molecule has 2 aromatic carbocycles. The maximum Gasteiger partial charge on any atom is 0.224 e. The minimum Gasteiger partial charge on any atom is -0.496 e. The van der Waals surface area contributed by atoms with Gasteiger partial charge in [-0.15, -0.1) is 0 Å². The van der Waals surface area contributed by atoms with E-state index in [1.807, 2.05) is 49.4 Å². The number of fused-ring (bicyclic) bond motifs is 1. The Morgan fingerprint density at radius 3 is 2.76 bits per heavy atom. The second-order valence-electron chi connectivity index (χ2n) is 7.20. The lowest BCUT2D eigenvalue weighted by Gasteiger charge is -2.37. The van der Waals surface area contributed by atoms with Crippen LogP contribution in [-0.2, 0) is 11.2 Å². The molecule has 1 aliphatic heterocycles. The fraction of sp³-hybridized carbons (Fsp3) is 0.381. The molecule has 1 amide bonds. The minimum absolute atomic E-state index is 0.0158. The van der Waals surface area contributed by atoms with Crippen LogP contribution in [0.5, 0.6) is 11.5 Å². The molecule has 0 fully saturated rings. The fourth-order valence-electron chi connectivity index (χ4n) is 3.41. The van der Waals surface area contributed by atoms with E-state index in [2.05, 4.69) is 19.2 Å². The topological polar surface area (TPSA) is 47.6 Å². The van der Waals surface area contributed by atoms with E-state index in [1.54, 1.807) is 7.11 Å². The summed E-state index contributed by atoms with van der Waals surface area (Å²) >= 11 is 0. The van der Waals surface area contributed by atoms with Gasteiger partial charge in [0.15, 0.2) is 0 Å². The average Bonchev–Trinajstić information content (AvgIpc) is 2.54. The standard InChI is InChI=1S/C21H25NO3/c1-14-11-15(9-10-18(14)24-4)12-20(23)22-17-13-21(2,3)25-19-8-6-5-7-16(17)19/h5-11,17H,12-13H2,1-4H3,(H,22,23). The van der Waals surface area contributed by atoms with Crippen molar-refractivity contribution in [2.24, 2.45) is 0 Å². The van der Waals surface area contributed by atoms with E-state index in [9.17, 15) is 4.79 Å². The SMILES string of the molecule is COc1ccc(CC(=O)NC2CC(C)(C)Oc3ccccc32)cc1C. The number of hydrogen-bond donors (Lipinski definition) is 1. The molecule has 4 heteroatoms. The molecule has 1 atom stereocenters. The lowest BCUT2D eigenvalue weighted by molar-refractivity contribution is -0.121.